The van der Waals surface area contributed by atoms with E-state index >= 15 is 0 Å². The summed E-state index contributed by atoms with van der Waals surface area (Å²) in [6, 6.07) is 8.12. The Morgan fingerprint density at radius 3 is 2.44 bits per heavy atom. The van der Waals surface area contributed by atoms with Crippen LogP contribution >= 0.6 is 0 Å². The van der Waals surface area contributed by atoms with E-state index in [0.29, 0.717) is 0 Å². The Morgan fingerprint density at radius 1 is 1.31 bits per heavy atom. The van der Waals surface area contributed by atoms with Gasteiger partial charge >= 0.3 is 5.97 Å². The van der Waals surface area contributed by atoms with Crippen molar-refractivity contribution in [3.05, 3.63) is 41.5 Å². The summed E-state index contributed by atoms with van der Waals surface area (Å²) in [5.74, 6) is -0.297. The first-order chi connectivity index (χ1) is 7.61. The number of rotatable bonds is 4. The van der Waals surface area contributed by atoms with Gasteiger partial charge in [-0.25, -0.2) is 4.79 Å². The molecule has 0 saturated heterocycles. The first kappa shape index (κ1) is 12.5. The third-order valence-corrected chi connectivity index (χ3v) is 2.15. The van der Waals surface area contributed by atoms with Gasteiger partial charge in [0.2, 0.25) is 0 Å². The van der Waals surface area contributed by atoms with Crippen LogP contribution in [0, 0.1) is 0 Å². The predicted octanol–water partition coefficient (Wildman–Crippen LogP) is 3.21. The molecular weight excluding hydrogens is 200 g/mol. The first-order valence-electron chi connectivity index (χ1n) is 5.59. The summed E-state index contributed by atoms with van der Waals surface area (Å²) in [7, 11) is 0. The Balaban J connectivity index is 2.58. The molecule has 0 spiro atoms. The quantitative estimate of drug-likeness (QED) is 0.573. The lowest BCUT2D eigenvalue weighted by molar-refractivity contribution is -0.141. The summed E-state index contributed by atoms with van der Waals surface area (Å²) in [5, 5.41) is 0. The minimum atomic E-state index is -0.297. The second-order valence-corrected chi connectivity index (χ2v) is 3.91. The van der Waals surface area contributed by atoms with Crippen LogP contribution in [-0.2, 0) is 16.0 Å². The van der Waals surface area contributed by atoms with E-state index in [0.717, 1.165) is 12.0 Å². The van der Waals surface area contributed by atoms with Crippen molar-refractivity contribution in [2.24, 2.45) is 0 Å². The second-order valence-electron chi connectivity index (χ2n) is 3.91. The van der Waals surface area contributed by atoms with E-state index in [4.69, 9.17) is 4.74 Å². The van der Waals surface area contributed by atoms with Crippen molar-refractivity contribution in [2.45, 2.75) is 33.3 Å². The molecule has 0 atom stereocenters. The molecule has 2 nitrogen and oxygen atoms in total. The Morgan fingerprint density at radius 2 is 1.94 bits per heavy atom. The SMILES string of the molecule is CCc1ccc(C=CC(=O)OC(C)C)cc1. The average Bonchev–Trinajstić information content (AvgIpc) is 2.26. The number of ether oxygens (including phenoxy) is 1. The zero-order valence-corrected chi connectivity index (χ0v) is 10.1. The van der Waals surface area contributed by atoms with Crippen LogP contribution in [0.15, 0.2) is 30.3 Å². The van der Waals surface area contributed by atoms with Gasteiger partial charge < -0.3 is 4.74 Å². The van der Waals surface area contributed by atoms with E-state index in [2.05, 4.69) is 19.1 Å². The number of hydrogen-bond acceptors (Lipinski definition) is 2. The van der Waals surface area contributed by atoms with Gasteiger partial charge in [0.1, 0.15) is 0 Å². The van der Waals surface area contributed by atoms with Crippen LogP contribution in [0.25, 0.3) is 6.08 Å². The summed E-state index contributed by atoms with van der Waals surface area (Å²) in [6.07, 6.45) is 4.18. The summed E-state index contributed by atoms with van der Waals surface area (Å²) in [4.78, 5) is 11.2. The summed E-state index contributed by atoms with van der Waals surface area (Å²) in [5.41, 5.74) is 2.31. The van der Waals surface area contributed by atoms with Gasteiger partial charge in [0.15, 0.2) is 0 Å². The van der Waals surface area contributed by atoms with Crippen LogP contribution in [-0.4, -0.2) is 12.1 Å². The predicted molar refractivity (Wildman–Crippen MR) is 66.1 cm³/mol. The monoisotopic (exact) mass is 218 g/mol. The molecule has 0 amide bonds. The number of esters is 1. The number of aryl methyl sites for hydroxylation is 1. The van der Waals surface area contributed by atoms with Crippen LogP contribution in [0.5, 0.6) is 0 Å². The molecule has 0 bridgehead atoms. The Bertz CT molecular complexity index is 361. The van der Waals surface area contributed by atoms with Crippen LogP contribution < -0.4 is 0 Å². The highest BCUT2D eigenvalue weighted by molar-refractivity contribution is 5.87. The van der Waals surface area contributed by atoms with Crippen molar-refractivity contribution in [3.63, 3.8) is 0 Å². The number of carbonyl (C=O) groups excluding carboxylic acids is 1. The molecule has 86 valence electrons. The average molecular weight is 218 g/mol. The molecule has 0 aliphatic rings. The number of carbonyl (C=O) groups is 1. The third-order valence-electron chi connectivity index (χ3n) is 2.15. The van der Waals surface area contributed by atoms with Gasteiger partial charge in [-0.15, -0.1) is 0 Å². The smallest absolute Gasteiger partial charge is 0.331 e. The van der Waals surface area contributed by atoms with E-state index in [9.17, 15) is 4.79 Å². The van der Waals surface area contributed by atoms with Crippen molar-refractivity contribution in [1.82, 2.24) is 0 Å². The van der Waals surface area contributed by atoms with E-state index in [1.165, 1.54) is 11.6 Å². The zero-order chi connectivity index (χ0) is 12.0. The van der Waals surface area contributed by atoms with Crippen LogP contribution in [0.4, 0.5) is 0 Å². The Kier molecular flexibility index (Phi) is 4.77. The van der Waals surface area contributed by atoms with Gasteiger partial charge in [0.25, 0.3) is 0 Å². The molecule has 1 aromatic rings. The topological polar surface area (TPSA) is 26.3 Å². The standard InChI is InChI=1S/C14H18O2/c1-4-12-5-7-13(8-6-12)9-10-14(15)16-11(2)3/h5-11H,4H2,1-3H3. The van der Waals surface area contributed by atoms with Crippen molar-refractivity contribution >= 4 is 12.0 Å². The molecule has 0 aliphatic carbocycles. The highest BCUT2D eigenvalue weighted by atomic mass is 16.5. The maximum Gasteiger partial charge on any atom is 0.331 e. The van der Waals surface area contributed by atoms with Crippen molar-refractivity contribution in [3.8, 4) is 0 Å². The lowest BCUT2D eigenvalue weighted by atomic mass is 10.1. The minimum Gasteiger partial charge on any atom is -0.460 e. The van der Waals surface area contributed by atoms with Gasteiger partial charge in [-0.3, -0.25) is 0 Å². The molecule has 1 rings (SSSR count). The highest BCUT2D eigenvalue weighted by Crippen LogP contribution is 2.06. The Hall–Kier alpha value is -1.57. The molecule has 16 heavy (non-hydrogen) atoms. The normalized spacial score (nSPS) is 11.0. The van der Waals surface area contributed by atoms with Crippen molar-refractivity contribution < 1.29 is 9.53 Å². The maximum absolute atomic E-state index is 11.2. The third kappa shape index (κ3) is 4.30. The molecule has 0 aromatic heterocycles. The molecular formula is C14H18O2. The van der Waals surface area contributed by atoms with E-state index in [1.807, 2.05) is 26.0 Å². The lowest BCUT2D eigenvalue weighted by Gasteiger charge is -2.03. The molecule has 0 heterocycles. The van der Waals surface area contributed by atoms with Crippen LogP contribution in [0.2, 0.25) is 0 Å². The van der Waals surface area contributed by atoms with E-state index < -0.39 is 0 Å². The van der Waals surface area contributed by atoms with Gasteiger partial charge in [-0.1, -0.05) is 31.2 Å². The fourth-order valence-corrected chi connectivity index (χ4v) is 1.30. The molecule has 0 aliphatic heterocycles. The second kappa shape index (κ2) is 6.11. The molecule has 0 N–H and O–H groups in total. The molecule has 0 saturated carbocycles. The largest absolute Gasteiger partial charge is 0.460 e. The van der Waals surface area contributed by atoms with Gasteiger partial charge in [-0.2, -0.15) is 0 Å². The summed E-state index contributed by atoms with van der Waals surface area (Å²) in [6.45, 7) is 5.79. The fraction of sp³-hybridized carbons (Fsp3) is 0.357. The highest BCUT2D eigenvalue weighted by Gasteiger charge is 1.99. The molecule has 0 radical (unpaired) electrons. The maximum atomic E-state index is 11.2. The number of hydrogen-bond donors (Lipinski definition) is 0. The minimum absolute atomic E-state index is 0.0698. The van der Waals surface area contributed by atoms with E-state index in [1.54, 1.807) is 6.08 Å². The van der Waals surface area contributed by atoms with Gasteiger partial charge in [0.05, 0.1) is 6.10 Å². The molecule has 2 heteroatoms. The number of benzene rings is 1. The van der Waals surface area contributed by atoms with Crippen LogP contribution in [0.1, 0.15) is 31.9 Å². The van der Waals surface area contributed by atoms with Crippen molar-refractivity contribution in [1.29, 1.82) is 0 Å². The van der Waals surface area contributed by atoms with E-state index in [-0.39, 0.29) is 12.1 Å². The molecule has 1 aromatic carbocycles. The van der Waals surface area contributed by atoms with Gasteiger partial charge in [0, 0.05) is 6.08 Å². The van der Waals surface area contributed by atoms with Crippen LogP contribution in [0.3, 0.4) is 0 Å². The molecule has 0 unspecified atom stereocenters. The Labute approximate surface area is 96.9 Å². The zero-order valence-electron chi connectivity index (χ0n) is 10.1. The summed E-state index contributed by atoms with van der Waals surface area (Å²) < 4.78 is 4.99. The van der Waals surface area contributed by atoms with Gasteiger partial charge in [-0.05, 0) is 37.5 Å². The van der Waals surface area contributed by atoms with Crippen molar-refractivity contribution in [2.75, 3.05) is 0 Å². The first-order valence-corrected chi connectivity index (χ1v) is 5.59. The fourth-order valence-electron chi connectivity index (χ4n) is 1.30. The molecule has 0 fully saturated rings. The lowest BCUT2D eigenvalue weighted by Crippen LogP contribution is -2.08. The summed E-state index contributed by atoms with van der Waals surface area (Å²) >= 11 is 0.